The summed E-state index contributed by atoms with van der Waals surface area (Å²) < 4.78 is 13.6. The summed E-state index contributed by atoms with van der Waals surface area (Å²) in [7, 11) is 7.69. The second-order valence-electron chi connectivity index (χ2n) is 9.84. The molecule has 0 bridgehead atoms. The van der Waals surface area contributed by atoms with Crippen LogP contribution in [-0.4, -0.2) is 76.6 Å². The third-order valence-corrected chi connectivity index (χ3v) is 6.94. The van der Waals surface area contributed by atoms with Crippen LogP contribution in [0.25, 0.3) is 22.2 Å². The zero-order chi connectivity index (χ0) is 28.8. The van der Waals surface area contributed by atoms with Crippen LogP contribution in [0.4, 0.5) is 17.1 Å². The van der Waals surface area contributed by atoms with Crippen molar-refractivity contribution in [3.05, 3.63) is 59.8 Å². The standard InChI is InChI=1S/C30H37N7O3/c1-20(18-38)21-7-8-26-22(15-21)30(28-19-40-14-13-37(26)28)24(32-2)9-10-33-34-25-16-23(31)27(17-29(25)39-6)36(5)12-11-35(3)4/h7-10,15-18,34H,1-2,11-14,19,31H2,3-6H3/b24-9-,33-10-. The fraction of sp³-hybridized carbons (Fsp3) is 0.300. The van der Waals surface area contributed by atoms with E-state index in [1.807, 2.05) is 51.5 Å². The Morgan fingerprint density at radius 1 is 1.25 bits per heavy atom. The average molecular weight is 544 g/mol. The Kier molecular flexibility index (Phi) is 9.03. The number of hydrogen-bond donors (Lipinski definition) is 2. The number of benzene rings is 2. The predicted molar refractivity (Wildman–Crippen MR) is 166 cm³/mol. The number of aldehydes is 1. The summed E-state index contributed by atoms with van der Waals surface area (Å²) in [6, 6.07) is 9.59. The number of hydrogen-bond acceptors (Lipinski definition) is 9. The smallest absolute Gasteiger partial charge is 0.150 e. The first-order chi connectivity index (χ1) is 19.3. The zero-order valence-corrected chi connectivity index (χ0v) is 23.6. The van der Waals surface area contributed by atoms with Gasteiger partial charge in [-0.2, -0.15) is 5.10 Å². The van der Waals surface area contributed by atoms with E-state index in [-0.39, 0.29) is 0 Å². The van der Waals surface area contributed by atoms with E-state index in [1.165, 1.54) is 0 Å². The molecule has 3 aromatic rings. The first-order valence-corrected chi connectivity index (χ1v) is 13.0. The van der Waals surface area contributed by atoms with Crippen molar-refractivity contribution in [3.8, 4) is 5.75 Å². The van der Waals surface area contributed by atoms with Crippen molar-refractivity contribution in [2.75, 3.05) is 64.0 Å². The fourth-order valence-corrected chi connectivity index (χ4v) is 4.76. The zero-order valence-electron chi connectivity index (χ0n) is 23.6. The molecule has 0 aliphatic carbocycles. The molecular weight excluding hydrogens is 506 g/mol. The number of nitrogens with one attached hydrogen (secondary N) is 1. The maximum absolute atomic E-state index is 11.4. The van der Waals surface area contributed by atoms with Gasteiger partial charge in [-0.15, -0.1) is 0 Å². The number of anilines is 3. The Bertz CT molecular complexity index is 1490. The highest BCUT2D eigenvalue weighted by Crippen LogP contribution is 2.37. The summed E-state index contributed by atoms with van der Waals surface area (Å²) in [6.45, 7) is 11.2. The fourth-order valence-electron chi connectivity index (χ4n) is 4.76. The number of allylic oxidation sites excluding steroid dienone is 2. The van der Waals surface area contributed by atoms with Crippen LogP contribution in [-0.2, 0) is 22.7 Å². The monoisotopic (exact) mass is 543 g/mol. The van der Waals surface area contributed by atoms with E-state index < -0.39 is 0 Å². The minimum Gasteiger partial charge on any atom is -0.494 e. The van der Waals surface area contributed by atoms with E-state index in [2.05, 4.69) is 43.2 Å². The Hall–Kier alpha value is -4.41. The van der Waals surface area contributed by atoms with Crippen LogP contribution in [0, 0.1) is 0 Å². The molecule has 210 valence electrons. The van der Waals surface area contributed by atoms with Crippen LogP contribution < -0.4 is 20.8 Å². The lowest BCUT2D eigenvalue weighted by molar-refractivity contribution is -0.103. The molecule has 0 saturated heterocycles. The average Bonchev–Trinajstić information content (AvgIpc) is 3.29. The number of nitrogens with two attached hydrogens (primary N) is 1. The second kappa shape index (κ2) is 12.6. The van der Waals surface area contributed by atoms with E-state index in [9.17, 15) is 4.79 Å². The number of nitrogen functional groups attached to an aromatic ring is 1. The van der Waals surface area contributed by atoms with Crippen molar-refractivity contribution in [3.63, 3.8) is 0 Å². The molecule has 3 N–H and O–H groups in total. The van der Waals surface area contributed by atoms with E-state index in [0.717, 1.165) is 59.3 Å². The van der Waals surface area contributed by atoms with Crippen molar-refractivity contribution in [1.29, 1.82) is 0 Å². The molecule has 40 heavy (non-hydrogen) atoms. The number of aliphatic imine (C=N–C) groups is 1. The highest BCUT2D eigenvalue weighted by Gasteiger charge is 2.23. The summed E-state index contributed by atoms with van der Waals surface area (Å²) in [5.74, 6) is 0.622. The lowest BCUT2D eigenvalue weighted by Gasteiger charge is -2.24. The maximum atomic E-state index is 11.4. The number of rotatable bonds is 12. The van der Waals surface area contributed by atoms with Gasteiger partial charge >= 0.3 is 0 Å². The van der Waals surface area contributed by atoms with Gasteiger partial charge in [-0.25, -0.2) is 0 Å². The van der Waals surface area contributed by atoms with Gasteiger partial charge < -0.3 is 29.6 Å². The molecule has 2 heterocycles. The normalized spacial score (nSPS) is 13.5. The molecule has 4 rings (SSSR count). The number of carbonyl (C=O) groups excluding carboxylic acids is 1. The third-order valence-electron chi connectivity index (χ3n) is 6.94. The number of aromatic nitrogens is 1. The van der Waals surface area contributed by atoms with Gasteiger partial charge in [0.1, 0.15) is 17.7 Å². The number of hydrazone groups is 1. The topological polar surface area (TPSA) is 110 Å². The van der Waals surface area contributed by atoms with Crippen molar-refractivity contribution in [1.82, 2.24) is 9.47 Å². The van der Waals surface area contributed by atoms with Crippen LogP contribution in [0.15, 0.2) is 53.1 Å². The number of likely N-dealkylation sites (N-methyl/N-ethyl adjacent to an activating group) is 2. The van der Waals surface area contributed by atoms with Gasteiger partial charge in [0.15, 0.2) is 0 Å². The lowest BCUT2D eigenvalue weighted by atomic mass is 10.0. The van der Waals surface area contributed by atoms with Crippen molar-refractivity contribution >= 4 is 58.5 Å². The van der Waals surface area contributed by atoms with Crippen LogP contribution in [0.2, 0.25) is 0 Å². The predicted octanol–water partition coefficient (Wildman–Crippen LogP) is 4.11. The molecule has 0 radical (unpaired) electrons. The lowest BCUT2D eigenvalue weighted by Crippen LogP contribution is -2.29. The quantitative estimate of drug-likeness (QED) is 0.116. The van der Waals surface area contributed by atoms with Crippen molar-refractivity contribution in [2.24, 2.45) is 10.1 Å². The first-order valence-electron chi connectivity index (χ1n) is 13.0. The molecule has 0 fully saturated rings. The van der Waals surface area contributed by atoms with Gasteiger partial charge in [0.2, 0.25) is 0 Å². The Labute approximate surface area is 235 Å². The number of carbonyl (C=O) groups is 1. The first kappa shape index (κ1) is 28.6. The van der Waals surface area contributed by atoms with Gasteiger partial charge in [-0.1, -0.05) is 12.6 Å². The van der Waals surface area contributed by atoms with Crippen molar-refractivity contribution in [2.45, 2.75) is 13.2 Å². The minimum absolute atomic E-state index is 0.416. The molecular formula is C30H37N7O3. The van der Waals surface area contributed by atoms with Gasteiger partial charge in [0, 0.05) is 61.0 Å². The van der Waals surface area contributed by atoms with Crippen LogP contribution >= 0.6 is 0 Å². The molecule has 1 aliphatic heterocycles. The van der Waals surface area contributed by atoms with Gasteiger partial charge in [-0.05, 0) is 50.7 Å². The summed E-state index contributed by atoms with van der Waals surface area (Å²) in [6.07, 6.45) is 4.16. The molecule has 1 aliphatic rings. The minimum atomic E-state index is 0.416. The van der Waals surface area contributed by atoms with Gasteiger partial charge in [0.25, 0.3) is 0 Å². The maximum Gasteiger partial charge on any atom is 0.150 e. The highest BCUT2D eigenvalue weighted by molar-refractivity contribution is 6.08. The molecule has 1 aromatic heterocycles. The molecule has 2 aromatic carbocycles. The molecule has 0 saturated carbocycles. The Balaban J connectivity index is 1.63. The highest BCUT2D eigenvalue weighted by atomic mass is 16.5. The molecule has 0 unspecified atom stereocenters. The van der Waals surface area contributed by atoms with Crippen molar-refractivity contribution < 1.29 is 14.3 Å². The summed E-state index contributed by atoms with van der Waals surface area (Å²) in [5, 5.41) is 5.33. The van der Waals surface area contributed by atoms with Crippen LogP contribution in [0.1, 0.15) is 16.8 Å². The Morgan fingerprint density at radius 3 is 2.75 bits per heavy atom. The van der Waals surface area contributed by atoms with Crippen LogP contribution in [0.5, 0.6) is 5.75 Å². The van der Waals surface area contributed by atoms with E-state index in [0.29, 0.717) is 41.6 Å². The summed E-state index contributed by atoms with van der Waals surface area (Å²) in [4.78, 5) is 19.9. The summed E-state index contributed by atoms with van der Waals surface area (Å²) >= 11 is 0. The third kappa shape index (κ3) is 5.93. The summed E-state index contributed by atoms with van der Waals surface area (Å²) in [5.41, 5.74) is 16.3. The van der Waals surface area contributed by atoms with Gasteiger partial charge in [-0.3, -0.25) is 15.2 Å². The number of nitrogens with zero attached hydrogens (tertiary/aromatic N) is 5. The van der Waals surface area contributed by atoms with E-state index in [4.69, 9.17) is 15.2 Å². The number of fused-ring (bicyclic) bond motifs is 3. The molecule has 0 spiro atoms. The molecule has 0 amide bonds. The van der Waals surface area contributed by atoms with E-state index in [1.54, 1.807) is 19.4 Å². The Morgan fingerprint density at radius 2 is 2.05 bits per heavy atom. The SMILES string of the molecule is C=N/C(=C\C=N/Nc1cc(N)c(N(C)CCN(C)C)cc1OC)c1c2n(c3ccc(C(=C)C=O)cc13)CCOC2. The largest absolute Gasteiger partial charge is 0.494 e. The van der Waals surface area contributed by atoms with E-state index >= 15 is 0 Å². The molecule has 0 atom stereocenters. The number of methoxy groups -OCH3 is 1. The molecule has 10 nitrogen and oxygen atoms in total. The van der Waals surface area contributed by atoms with Gasteiger partial charge in [0.05, 0.1) is 43.1 Å². The molecule has 10 heteroatoms. The van der Waals surface area contributed by atoms with Crippen LogP contribution in [0.3, 0.4) is 0 Å². The number of ether oxygens (including phenoxy) is 2. The second-order valence-corrected chi connectivity index (χ2v) is 9.84.